The van der Waals surface area contributed by atoms with E-state index in [1.54, 1.807) is 0 Å². The maximum atomic E-state index is 9.38. The van der Waals surface area contributed by atoms with E-state index in [-0.39, 0.29) is 12.1 Å². The molecule has 3 unspecified atom stereocenters. The first-order valence-electron chi connectivity index (χ1n) is 8.22. The van der Waals surface area contributed by atoms with Crippen LogP contribution in [-0.2, 0) is 0 Å². The molecular formula is C16H32N2O. The summed E-state index contributed by atoms with van der Waals surface area (Å²) in [6, 6.07) is 0.905. The Morgan fingerprint density at radius 2 is 2.00 bits per heavy atom. The molecule has 0 bridgehead atoms. The van der Waals surface area contributed by atoms with Crippen molar-refractivity contribution in [1.29, 1.82) is 0 Å². The number of hydrogen-bond acceptors (Lipinski definition) is 3. The third-order valence-electron chi connectivity index (χ3n) is 5.48. The lowest BCUT2D eigenvalue weighted by atomic mass is 9.91. The van der Waals surface area contributed by atoms with Crippen LogP contribution in [0.15, 0.2) is 0 Å². The number of hydrogen-bond donors (Lipinski definition) is 2. The second-order valence-corrected chi connectivity index (χ2v) is 6.86. The van der Waals surface area contributed by atoms with E-state index in [9.17, 15) is 5.11 Å². The normalized spacial score (nSPS) is 31.1. The Kier molecular flexibility index (Phi) is 5.67. The van der Waals surface area contributed by atoms with Gasteiger partial charge in [-0.3, -0.25) is 0 Å². The molecule has 0 spiro atoms. The minimum atomic E-state index is -0.0855. The first kappa shape index (κ1) is 15.3. The van der Waals surface area contributed by atoms with Crippen molar-refractivity contribution in [3.8, 4) is 0 Å². The Balaban J connectivity index is 1.68. The molecule has 112 valence electrons. The van der Waals surface area contributed by atoms with Crippen LogP contribution in [0.1, 0.15) is 58.3 Å². The monoisotopic (exact) mass is 268 g/mol. The second-order valence-electron chi connectivity index (χ2n) is 6.86. The van der Waals surface area contributed by atoms with Crippen LogP contribution in [0.25, 0.3) is 0 Å². The lowest BCUT2D eigenvalue weighted by molar-refractivity contribution is 0.108. The van der Waals surface area contributed by atoms with E-state index in [0.717, 1.165) is 18.4 Å². The van der Waals surface area contributed by atoms with Crippen LogP contribution in [0, 0.1) is 5.92 Å². The number of aliphatic hydroxyl groups is 1. The smallest absolute Gasteiger partial charge is 0.0610 e. The molecule has 3 heteroatoms. The van der Waals surface area contributed by atoms with E-state index < -0.39 is 0 Å². The van der Waals surface area contributed by atoms with Gasteiger partial charge >= 0.3 is 0 Å². The van der Waals surface area contributed by atoms with E-state index in [1.165, 1.54) is 58.0 Å². The molecule has 2 N–H and O–H groups in total. The van der Waals surface area contributed by atoms with Crippen molar-refractivity contribution < 1.29 is 5.11 Å². The molecule has 1 heterocycles. The molecule has 0 aromatic rings. The highest BCUT2D eigenvalue weighted by Gasteiger charge is 2.34. The van der Waals surface area contributed by atoms with Gasteiger partial charge in [-0.25, -0.2) is 0 Å². The van der Waals surface area contributed by atoms with Crippen LogP contribution < -0.4 is 5.32 Å². The number of piperidine rings is 1. The van der Waals surface area contributed by atoms with Gasteiger partial charge in [-0.1, -0.05) is 12.8 Å². The molecule has 19 heavy (non-hydrogen) atoms. The topological polar surface area (TPSA) is 35.5 Å². The summed E-state index contributed by atoms with van der Waals surface area (Å²) in [5.74, 6) is 1.01. The molecule has 0 radical (unpaired) electrons. The summed E-state index contributed by atoms with van der Waals surface area (Å²) in [4.78, 5) is 2.76. The number of rotatable bonds is 7. The minimum Gasteiger partial charge on any atom is -0.394 e. The molecule has 1 aliphatic heterocycles. The molecule has 2 aliphatic rings. The number of nitrogens with one attached hydrogen (secondary N) is 1. The highest BCUT2D eigenvalue weighted by molar-refractivity contribution is 4.89. The fraction of sp³-hybridized carbons (Fsp3) is 1.00. The third-order valence-corrected chi connectivity index (χ3v) is 5.48. The van der Waals surface area contributed by atoms with Crippen molar-refractivity contribution in [3.63, 3.8) is 0 Å². The summed E-state index contributed by atoms with van der Waals surface area (Å²) in [6.45, 7) is 4.94. The number of likely N-dealkylation sites (tertiary alicyclic amines) is 1. The Morgan fingerprint density at radius 1 is 1.21 bits per heavy atom. The zero-order valence-corrected chi connectivity index (χ0v) is 12.8. The maximum Gasteiger partial charge on any atom is 0.0610 e. The van der Waals surface area contributed by atoms with Crippen LogP contribution in [0.3, 0.4) is 0 Å². The van der Waals surface area contributed by atoms with Crippen LogP contribution >= 0.6 is 0 Å². The molecule has 3 nitrogen and oxygen atoms in total. The maximum absolute atomic E-state index is 9.38. The molecule has 0 amide bonds. The van der Waals surface area contributed by atoms with Gasteiger partial charge in [-0.15, -0.1) is 0 Å². The standard InChI is InChI=1S/C16H32N2O/c1-16(13-19,17-2)10-3-4-11-18-12-6-8-14-7-5-9-15(14)18/h14-15,17,19H,3-13H2,1-2H3. The van der Waals surface area contributed by atoms with Crippen LogP contribution in [0.2, 0.25) is 0 Å². The van der Waals surface area contributed by atoms with Gasteiger partial charge in [0.05, 0.1) is 6.61 Å². The number of likely N-dealkylation sites (N-methyl/N-ethyl adjacent to an activating group) is 1. The highest BCUT2D eigenvalue weighted by atomic mass is 16.3. The molecule has 2 fully saturated rings. The Morgan fingerprint density at radius 3 is 2.74 bits per heavy atom. The van der Waals surface area contributed by atoms with E-state index in [1.807, 2.05) is 7.05 Å². The van der Waals surface area contributed by atoms with Crippen molar-refractivity contribution in [2.24, 2.45) is 5.92 Å². The SMILES string of the molecule is CNC(C)(CO)CCCCN1CCCC2CCCC21. The van der Waals surface area contributed by atoms with Crippen LogP contribution in [-0.4, -0.2) is 48.3 Å². The van der Waals surface area contributed by atoms with E-state index in [4.69, 9.17) is 0 Å². The van der Waals surface area contributed by atoms with Gasteiger partial charge in [-0.2, -0.15) is 0 Å². The van der Waals surface area contributed by atoms with Gasteiger partial charge in [0.2, 0.25) is 0 Å². The average molecular weight is 268 g/mol. The van der Waals surface area contributed by atoms with E-state index in [2.05, 4.69) is 17.1 Å². The Hall–Kier alpha value is -0.120. The summed E-state index contributed by atoms with van der Waals surface area (Å²) in [5, 5.41) is 12.6. The van der Waals surface area contributed by atoms with Crippen LogP contribution in [0.5, 0.6) is 0 Å². The lowest BCUT2D eigenvalue weighted by Crippen LogP contribution is -2.44. The average Bonchev–Trinajstić information content (AvgIpc) is 2.92. The summed E-state index contributed by atoms with van der Waals surface area (Å²) >= 11 is 0. The number of aliphatic hydroxyl groups excluding tert-OH is 1. The molecule has 1 saturated heterocycles. The van der Waals surface area contributed by atoms with Crippen molar-refractivity contribution in [3.05, 3.63) is 0 Å². The molecule has 1 aliphatic carbocycles. The van der Waals surface area contributed by atoms with E-state index in [0.29, 0.717) is 0 Å². The first-order chi connectivity index (χ1) is 9.18. The fourth-order valence-corrected chi connectivity index (χ4v) is 3.95. The molecule has 2 rings (SSSR count). The Bertz CT molecular complexity index is 265. The largest absolute Gasteiger partial charge is 0.394 e. The lowest BCUT2D eigenvalue weighted by Gasteiger charge is -2.38. The second kappa shape index (κ2) is 7.05. The van der Waals surface area contributed by atoms with Gasteiger partial charge in [0.15, 0.2) is 0 Å². The zero-order valence-electron chi connectivity index (χ0n) is 12.8. The molecule has 0 aromatic heterocycles. The van der Waals surface area contributed by atoms with Crippen molar-refractivity contribution >= 4 is 0 Å². The summed E-state index contributed by atoms with van der Waals surface area (Å²) in [7, 11) is 1.95. The third kappa shape index (κ3) is 3.93. The number of unbranched alkanes of at least 4 members (excludes halogenated alkanes) is 1. The van der Waals surface area contributed by atoms with E-state index >= 15 is 0 Å². The summed E-state index contributed by atoms with van der Waals surface area (Å²) in [6.07, 6.45) is 10.8. The minimum absolute atomic E-state index is 0.0855. The van der Waals surface area contributed by atoms with Gasteiger partial charge in [0.25, 0.3) is 0 Å². The number of nitrogens with zero attached hydrogens (tertiary/aromatic N) is 1. The first-order valence-corrected chi connectivity index (χ1v) is 8.22. The predicted octanol–water partition coefficient (Wildman–Crippen LogP) is 2.39. The highest BCUT2D eigenvalue weighted by Crippen LogP contribution is 2.36. The zero-order chi connectivity index (χ0) is 13.7. The predicted molar refractivity (Wildman–Crippen MR) is 80.3 cm³/mol. The molecular weight excluding hydrogens is 236 g/mol. The van der Waals surface area contributed by atoms with Crippen molar-refractivity contribution in [1.82, 2.24) is 10.2 Å². The number of fused-ring (bicyclic) bond motifs is 1. The van der Waals surface area contributed by atoms with Gasteiger partial charge < -0.3 is 15.3 Å². The molecule has 0 aromatic carbocycles. The Labute approximate surface area is 118 Å². The fourth-order valence-electron chi connectivity index (χ4n) is 3.95. The van der Waals surface area contributed by atoms with Gasteiger partial charge in [0.1, 0.15) is 0 Å². The van der Waals surface area contributed by atoms with Crippen LogP contribution in [0.4, 0.5) is 0 Å². The molecule has 3 atom stereocenters. The van der Waals surface area contributed by atoms with Gasteiger partial charge in [-0.05, 0) is 71.5 Å². The molecule has 1 saturated carbocycles. The summed E-state index contributed by atoms with van der Waals surface area (Å²) < 4.78 is 0. The summed E-state index contributed by atoms with van der Waals surface area (Å²) in [5.41, 5.74) is -0.0855. The van der Waals surface area contributed by atoms with Crippen molar-refractivity contribution in [2.75, 3.05) is 26.7 Å². The van der Waals surface area contributed by atoms with Gasteiger partial charge in [0, 0.05) is 11.6 Å². The quantitative estimate of drug-likeness (QED) is 0.696. The van der Waals surface area contributed by atoms with Crippen molar-refractivity contribution in [2.45, 2.75) is 69.9 Å².